The van der Waals surface area contributed by atoms with Gasteiger partial charge in [0.1, 0.15) is 5.75 Å². The van der Waals surface area contributed by atoms with Crippen molar-refractivity contribution in [2.24, 2.45) is 5.73 Å². The van der Waals surface area contributed by atoms with Crippen LogP contribution in [-0.2, 0) is 0 Å². The molecule has 0 aromatic heterocycles. The summed E-state index contributed by atoms with van der Waals surface area (Å²) < 4.78 is 4.98. The Hall–Kier alpha value is -2.31. The van der Waals surface area contributed by atoms with Crippen molar-refractivity contribution in [1.82, 2.24) is 0 Å². The summed E-state index contributed by atoms with van der Waals surface area (Å²) in [6, 6.07) is 3.20. The second-order valence-electron chi connectivity index (χ2n) is 3.01. The SMILES string of the molecule is COc1ccc([N+](=O)[O-])cc1N(C)C(N)=O. The fourth-order valence-corrected chi connectivity index (χ4v) is 1.17. The molecule has 0 saturated carbocycles. The molecule has 1 rings (SSSR count). The number of nitrogens with two attached hydrogens (primary N) is 1. The van der Waals surface area contributed by atoms with Crippen molar-refractivity contribution in [3.8, 4) is 5.75 Å². The third-order valence-corrected chi connectivity index (χ3v) is 2.07. The van der Waals surface area contributed by atoms with Gasteiger partial charge in [-0.15, -0.1) is 0 Å². The van der Waals surface area contributed by atoms with E-state index in [0.717, 1.165) is 4.90 Å². The number of nitro benzene ring substituents is 1. The summed E-state index contributed by atoms with van der Waals surface area (Å²) in [5.41, 5.74) is 5.20. The topological polar surface area (TPSA) is 98.7 Å². The lowest BCUT2D eigenvalue weighted by Crippen LogP contribution is -2.32. The third kappa shape index (κ3) is 2.19. The van der Waals surface area contributed by atoms with Crippen molar-refractivity contribution in [3.63, 3.8) is 0 Å². The summed E-state index contributed by atoms with van der Waals surface area (Å²) in [6.07, 6.45) is 0. The van der Waals surface area contributed by atoms with Crippen LogP contribution in [0.5, 0.6) is 5.75 Å². The summed E-state index contributed by atoms with van der Waals surface area (Å²) in [4.78, 5) is 22.1. The van der Waals surface area contributed by atoms with Crippen molar-refractivity contribution in [1.29, 1.82) is 0 Å². The summed E-state index contributed by atoms with van der Waals surface area (Å²) >= 11 is 0. The molecule has 0 atom stereocenters. The Labute approximate surface area is 91.6 Å². The molecule has 1 aromatic rings. The molecular formula is C9H11N3O4. The number of rotatable bonds is 3. The van der Waals surface area contributed by atoms with Gasteiger partial charge >= 0.3 is 6.03 Å². The quantitative estimate of drug-likeness (QED) is 0.615. The largest absolute Gasteiger partial charge is 0.495 e. The minimum atomic E-state index is -0.723. The highest BCUT2D eigenvalue weighted by molar-refractivity contribution is 5.92. The molecule has 16 heavy (non-hydrogen) atoms. The van der Waals surface area contributed by atoms with E-state index in [-0.39, 0.29) is 11.4 Å². The van der Waals surface area contributed by atoms with Crippen LogP contribution in [0.3, 0.4) is 0 Å². The molecule has 1 aromatic carbocycles. The molecule has 86 valence electrons. The number of non-ortho nitro benzene ring substituents is 1. The number of amides is 2. The summed E-state index contributed by atoms with van der Waals surface area (Å²) in [5, 5.41) is 10.6. The Morgan fingerprint density at radius 1 is 1.56 bits per heavy atom. The highest BCUT2D eigenvalue weighted by Gasteiger charge is 2.16. The van der Waals surface area contributed by atoms with Gasteiger partial charge < -0.3 is 10.5 Å². The zero-order valence-electron chi connectivity index (χ0n) is 8.84. The number of carbonyl (C=O) groups is 1. The third-order valence-electron chi connectivity index (χ3n) is 2.07. The Morgan fingerprint density at radius 2 is 2.19 bits per heavy atom. The van der Waals surface area contributed by atoms with Crippen LogP contribution in [-0.4, -0.2) is 25.1 Å². The van der Waals surface area contributed by atoms with E-state index < -0.39 is 11.0 Å². The average molecular weight is 225 g/mol. The van der Waals surface area contributed by atoms with E-state index in [1.54, 1.807) is 0 Å². The molecule has 0 aliphatic heterocycles. The molecule has 7 heteroatoms. The first-order valence-electron chi connectivity index (χ1n) is 4.33. The molecule has 7 nitrogen and oxygen atoms in total. The highest BCUT2D eigenvalue weighted by Crippen LogP contribution is 2.31. The lowest BCUT2D eigenvalue weighted by Gasteiger charge is -2.17. The summed E-state index contributed by atoms with van der Waals surface area (Å²) in [7, 11) is 2.81. The van der Waals surface area contributed by atoms with Crippen LogP contribution < -0.4 is 15.4 Å². The van der Waals surface area contributed by atoms with Gasteiger partial charge in [0.15, 0.2) is 0 Å². The lowest BCUT2D eigenvalue weighted by molar-refractivity contribution is -0.384. The molecule has 0 unspecified atom stereocenters. The predicted octanol–water partition coefficient (Wildman–Crippen LogP) is 1.12. The molecule has 0 radical (unpaired) electrons. The van der Waals surface area contributed by atoms with Crippen molar-refractivity contribution in [3.05, 3.63) is 28.3 Å². The van der Waals surface area contributed by atoms with Crippen LogP contribution in [0.4, 0.5) is 16.2 Å². The fraction of sp³-hybridized carbons (Fsp3) is 0.222. The standard InChI is InChI=1S/C9H11N3O4/c1-11(9(10)13)7-5-6(12(14)15)3-4-8(7)16-2/h3-5H,1-2H3,(H2,10,13). The van der Waals surface area contributed by atoms with E-state index >= 15 is 0 Å². The van der Waals surface area contributed by atoms with Gasteiger partial charge in [0.05, 0.1) is 17.7 Å². The molecule has 0 bridgehead atoms. The normalized spacial score (nSPS) is 9.62. The molecule has 0 saturated heterocycles. The van der Waals surface area contributed by atoms with Gasteiger partial charge in [0, 0.05) is 19.2 Å². The molecular weight excluding hydrogens is 214 g/mol. The van der Waals surface area contributed by atoms with Crippen molar-refractivity contribution in [2.75, 3.05) is 19.1 Å². The molecule has 2 amide bonds. The minimum Gasteiger partial charge on any atom is -0.495 e. The number of carbonyl (C=O) groups excluding carboxylic acids is 1. The van der Waals surface area contributed by atoms with E-state index in [1.807, 2.05) is 0 Å². The fourth-order valence-electron chi connectivity index (χ4n) is 1.17. The Balaban J connectivity index is 3.27. The van der Waals surface area contributed by atoms with Crippen LogP contribution in [0.15, 0.2) is 18.2 Å². The van der Waals surface area contributed by atoms with Gasteiger partial charge in [-0.3, -0.25) is 15.0 Å². The zero-order valence-corrected chi connectivity index (χ0v) is 8.84. The van der Waals surface area contributed by atoms with Crippen LogP contribution >= 0.6 is 0 Å². The second-order valence-corrected chi connectivity index (χ2v) is 3.01. The van der Waals surface area contributed by atoms with E-state index in [9.17, 15) is 14.9 Å². The van der Waals surface area contributed by atoms with Gasteiger partial charge in [0.25, 0.3) is 5.69 Å². The summed E-state index contributed by atoms with van der Waals surface area (Å²) in [6.45, 7) is 0. The number of ether oxygens (including phenoxy) is 1. The van der Waals surface area contributed by atoms with E-state index in [0.29, 0.717) is 5.75 Å². The molecule has 0 heterocycles. The van der Waals surface area contributed by atoms with Gasteiger partial charge in [-0.2, -0.15) is 0 Å². The number of benzene rings is 1. The van der Waals surface area contributed by atoms with Crippen LogP contribution in [0, 0.1) is 10.1 Å². The average Bonchev–Trinajstić information content (AvgIpc) is 2.26. The second kappa shape index (κ2) is 4.47. The Bertz CT molecular complexity index is 433. The van der Waals surface area contributed by atoms with Crippen LogP contribution in [0.2, 0.25) is 0 Å². The highest BCUT2D eigenvalue weighted by atomic mass is 16.6. The molecule has 2 N–H and O–H groups in total. The maximum Gasteiger partial charge on any atom is 0.319 e. The number of nitro groups is 1. The Kier molecular flexibility index (Phi) is 3.29. The summed E-state index contributed by atoms with van der Waals surface area (Å²) in [5.74, 6) is 0.340. The van der Waals surface area contributed by atoms with Crippen molar-refractivity contribution < 1.29 is 14.5 Å². The maximum atomic E-state index is 11.0. The van der Waals surface area contributed by atoms with Crippen LogP contribution in [0.25, 0.3) is 0 Å². The van der Waals surface area contributed by atoms with Gasteiger partial charge in [-0.05, 0) is 6.07 Å². The first kappa shape index (κ1) is 11.8. The molecule has 0 aliphatic carbocycles. The van der Waals surface area contributed by atoms with E-state index in [1.165, 1.54) is 32.4 Å². The number of hydrogen-bond acceptors (Lipinski definition) is 4. The first-order valence-corrected chi connectivity index (χ1v) is 4.33. The van der Waals surface area contributed by atoms with Gasteiger partial charge in [0.2, 0.25) is 0 Å². The molecule has 0 fully saturated rings. The Morgan fingerprint density at radius 3 is 2.62 bits per heavy atom. The number of nitrogens with zero attached hydrogens (tertiary/aromatic N) is 2. The maximum absolute atomic E-state index is 11.0. The van der Waals surface area contributed by atoms with Crippen molar-refractivity contribution in [2.45, 2.75) is 0 Å². The smallest absolute Gasteiger partial charge is 0.319 e. The molecule has 0 aliphatic rings. The lowest BCUT2D eigenvalue weighted by atomic mass is 10.2. The zero-order chi connectivity index (χ0) is 12.3. The van der Waals surface area contributed by atoms with Crippen molar-refractivity contribution >= 4 is 17.4 Å². The van der Waals surface area contributed by atoms with Gasteiger partial charge in [-0.25, -0.2) is 4.79 Å². The van der Waals surface area contributed by atoms with E-state index in [4.69, 9.17) is 10.5 Å². The van der Waals surface area contributed by atoms with Gasteiger partial charge in [-0.1, -0.05) is 0 Å². The number of anilines is 1. The number of methoxy groups -OCH3 is 1. The molecule has 0 spiro atoms. The monoisotopic (exact) mass is 225 g/mol. The minimum absolute atomic E-state index is 0.135. The van der Waals surface area contributed by atoms with Crippen LogP contribution in [0.1, 0.15) is 0 Å². The first-order chi connectivity index (χ1) is 7.47. The number of hydrogen-bond donors (Lipinski definition) is 1. The number of urea groups is 1. The predicted molar refractivity (Wildman–Crippen MR) is 57.6 cm³/mol. The number of primary amides is 1. The van der Waals surface area contributed by atoms with E-state index in [2.05, 4.69) is 0 Å².